The van der Waals surface area contributed by atoms with Gasteiger partial charge >= 0.3 is 0 Å². The van der Waals surface area contributed by atoms with Crippen LogP contribution in [0.25, 0.3) is 0 Å². The Morgan fingerprint density at radius 3 is 2.71 bits per heavy atom. The number of hydrogen-bond acceptors (Lipinski definition) is 3. The molecule has 0 aromatic rings. The summed E-state index contributed by atoms with van der Waals surface area (Å²) in [5.41, 5.74) is -0.144. The van der Waals surface area contributed by atoms with Crippen LogP contribution in [0.3, 0.4) is 0 Å². The molecule has 4 nitrogen and oxygen atoms in total. The van der Waals surface area contributed by atoms with Crippen molar-refractivity contribution in [2.24, 2.45) is 5.41 Å². The summed E-state index contributed by atoms with van der Waals surface area (Å²) in [6.07, 6.45) is 9.88. The quantitative estimate of drug-likeness (QED) is 0.707. The van der Waals surface area contributed by atoms with E-state index in [9.17, 15) is 4.79 Å². The van der Waals surface area contributed by atoms with Crippen LogP contribution in [-0.4, -0.2) is 50.1 Å². The van der Waals surface area contributed by atoms with Crippen LogP contribution in [0.5, 0.6) is 0 Å². The molecule has 1 aliphatic heterocycles. The fraction of sp³-hybridized carbons (Fsp3) is 0.941. The van der Waals surface area contributed by atoms with Gasteiger partial charge in [-0.3, -0.25) is 4.79 Å². The van der Waals surface area contributed by atoms with E-state index >= 15 is 0 Å². The van der Waals surface area contributed by atoms with Crippen LogP contribution in [0.15, 0.2) is 0 Å². The number of carbonyl (C=O) groups excluding carboxylic acids is 1. The number of hydrogen-bond donors (Lipinski definition) is 2. The van der Waals surface area contributed by atoms with E-state index in [0.717, 1.165) is 51.5 Å². The Hall–Kier alpha value is -0.610. The van der Waals surface area contributed by atoms with Crippen LogP contribution in [-0.2, 0) is 4.79 Å². The van der Waals surface area contributed by atoms with Crippen molar-refractivity contribution in [3.63, 3.8) is 0 Å². The highest BCUT2D eigenvalue weighted by Crippen LogP contribution is 2.29. The maximum Gasteiger partial charge on any atom is 0.227 e. The monoisotopic (exact) mass is 295 g/mol. The van der Waals surface area contributed by atoms with Crippen LogP contribution >= 0.6 is 0 Å². The van der Waals surface area contributed by atoms with E-state index in [4.69, 9.17) is 0 Å². The predicted octanol–water partition coefficient (Wildman–Crippen LogP) is 2.15. The van der Waals surface area contributed by atoms with Crippen molar-refractivity contribution in [2.45, 2.75) is 64.3 Å². The van der Waals surface area contributed by atoms with Gasteiger partial charge in [-0.05, 0) is 52.2 Å². The molecule has 0 bridgehead atoms. The summed E-state index contributed by atoms with van der Waals surface area (Å²) in [7, 11) is 2.24. The van der Waals surface area contributed by atoms with Crippen molar-refractivity contribution in [3.8, 4) is 0 Å². The molecule has 1 heterocycles. The van der Waals surface area contributed by atoms with Crippen LogP contribution < -0.4 is 10.6 Å². The molecule has 0 spiro atoms. The second-order valence-electron chi connectivity index (χ2n) is 6.94. The minimum Gasteiger partial charge on any atom is -0.356 e. The van der Waals surface area contributed by atoms with Crippen LogP contribution in [0.1, 0.15) is 58.3 Å². The highest BCUT2D eigenvalue weighted by molar-refractivity contribution is 5.83. The molecule has 122 valence electrons. The van der Waals surface area contributed by atoms with E-state index in [1.165, 1.54) is 32.1 Å². The Balaban J connectivity index is 1.63. The predicted molar refractivity (Wildman–Crippen MR) is 87.3 cm³/mol. The Bertz CT molecular complexity index is 320. The Morgan fingerprint density at radius 2 is 2.10 bits per heavy atom. The molecule has 2 rings (SSSR count). The van der Waals surface area contributed by atoms with Gasteiger partial charge in [0.2, 0.25) is 5.91 Å². The number of rotatable bonds is 7. The lowest BCUT2D eigenvalue weighted by Gasteiger charge is -2.31. The molecule has 2 N–H and O–H groups in total. The number of nitrogens with zero attached hydrogens (tertiary/aromatic N) is 1. The molecule has 2 aliphatic rings. The molecule has 1 unspecified atom stereocenters. The first-order chi connectivity index (χ1) is 10.2. The Kier molecular flexibility index (Phi) is 6.49. The second kappa shape index (κ2) is 8.14. The van der Waals surface area contributed by atoms with Crippen LogP contribution in [0.4, 0.5) is 0 Å². The van der Waals surface area contributed by atoms with E-state index in [0.29, 0.717) is 0 Å². The van der Waals surface area contributed by atoms with Gasteiger partial charge in [0.25, 0.3) is 0 Å². The maximum absolute atomic E-state index is 12.4. The second-order valence-corrected chi connectivity index (χ2v) is 6.94. The summed E-state index contributed by atoms with van der Waals surface area (Å²) in [6.45, 7) is 5.87. The molecule has 0 aromatic carbocycles. The van der Waals surface area contributed by atoms with E-state index < -0.39 is 0 Å². The van der Waals surface area contributed by atoms with Crippen molar-refractivity contribution in [1.82, 2.24) is 15.5 Å². The first-order valence-corrected chi connectivity index (χ1v) is 8.87. The standard InChI is InChI=1S/C17H33N3O/c1-3-17(10-12-18-14-17)16(21)19-11-7-13-20(2)15-8-5-4-6-9-15/h15,18H,3-14H2,1-2H3,(H,19,21). The summed E-state index contributed by atoms with van der Waals surface area (Å²) >= 11 is 0. The summed E-state index contributed by atoms with van der Waals surface area (Å²) in [4.78, 5) is 14.9. The molecular weight excluding hydrogens is 262 g/mol. The molecular formula is C17H33N3O. The molecule has 2 fully saturated rings. The maximum atomic E-state index is 12.4. The van der Waals surface area contributed by atoms with Gasteiger partial charge in [0.15, 0.2) is 0 Å². The molecule has 1 saturated carbocycles. The third-order valence-corrected chi connectivity index (χ3v) is 5.57. The number of carbonyl (C=O) groups is 1. The van der Waals surface area contributed by atoms with E-state index in [1.54, 1.807) is 0 Å². The van der Waals surface area contributed by atoms with Gasteiger partial charge in [-0.15, -0.1) is 0 Å². The molecule has 1 saturated heterocycles. The number of amides is 1. The van der Waals surface area contributed by atoms with Crippen molar-refractivity contribution in [2.75, 3.05) is 33.2 Å². The summed E-state index contributed by atoms with van der Waals surface area (Å²) in [6, 6.07) is 0.774. The normalized spacial score (nSPS) is 27.2. The third kappa shape index (κ3) is 4.43. The van der Waals surface area contributed by atoms with Crippen LogP contribution in [0, 0.1) is 5.41 Å². The molecule has 0 radical (unpaired) electrons. The van der Waals surface area contributed by atoms with Crippen molar-refractivity contribution in [3.05, 3.63) is 0 Å². The van der Waals surface area contributed by atoms with Crippen molar-refractivity contribution < 1.29 is 4.79 Å². The topological polar surface area (TPSA) is 44.4 Å². The Labute approximate surface area is 130 Å². The van der Waals surface area contributed by atoms with Gasteiger partial charge < -0.3 is 15.5 Å². The van der Waals surface area contributed by atoms with Crippen LogP contribution in [0.2, 0.25) is 0 Å². The minimum atomic E-state index is -0.144. The zero-order valence-electron chi connectivity index (χ0n) is 13.9. The Morgan fingerprint density at radius 1 is 1.33 bits per heavy atom. The largest absolute Gasteiger partial charge is 0.356 e. The molecule has 1 amide bonds. The van der Waals surface area contributed by atoms with E-state index in [2.05, 4.69) is 29.5 Å². The first-order valence-electron chi connectivity index (χ1n) is 8.87. The lowest BCUT2D eigenvalue weighted by atomic mass is 9.83. The molecule has 1 atom stereocenters. The van der Waals surface area contributed by atoms with Crippen molar-refractivity contribution in [1.29, 1.82) is 0 Å². The van der Waals surface area contributed by atoms with E-state index in [-0.39, 0.29) is 11.3 Å². The molecule has 21 heavy (non-hydrogen) atoms. The number of nitrogens with one attached hydrogen (secondary N) is 2. The zero-order chi connectivity index (χ0) is 15.1. The van der Waals surface area contributed by atoms with Gasteiger partial charge in [-0.25, -0.2) is 0 Å². The highest BCUT2D eigenvalue weighted by atomic mass is 16.2. The third-order valence-electron chi connectivity index (χ3n) is 5.57. The highest BCUT2D eigenvalue weighted by Gasteiger charge is 2.39. The smallest absolute Gasteiger partial charge is 0.227 e. The minimum absolute atomic E-state index is 0.144. The average molecular weight is 295 g/mol. The van der Waals surface area contributed by atoms with Gasteiger partial charge in [0, 0.05) is 19.1 Å². The summed E-state index contributed by atoms with van der Waals surface area (Å²) < 4.78 is 0. The van der Waals surface area contributed by atoms with Gasteiger partial charge in [0.05, 0.1) is 5.41 Å². The first kappa shape index (κ1) is 16.8. The fourth-order valence-corrected chi connectivity index (χ4v) is 3.82. The van der Waals surface area contributed by atoms with Crippen molar-refractivity contribution >= 4 is 5.91 Å². The SMILES string of the molecule is CCC1(C(=O)NCCCN(C)C2CCCCC2)CCNC1. The van der Waals surface area contributed by atoms with E-state index in [1.807, 2.05) is 0 Å². The lowest BCUT2D eigenvalue weighted by Crippen LogP contribution is -2.43. The average Bonchev–Trinajstić information content (AvgIpc) is 3.02. The zero-order valence-corrected chi connectivity index (χ0v) is 13.9. The molecule has 1 aliphatic carbocycles. The summed E-state index contributed by atoms with van der Waals surface area (Å²) in [5.74, 6) is 0.260. The lowest BCUT2D eigenvalue weighted by molar-refractivity contribution is -0.130. The summed E-state index contributed by atoms with van der Waals surface area (Å²) in [5, 5.41) is 6.50. The molecule has 0 aromatic heterocycles. The molecule has 4 heteroatoms. The van der Waals surface area contributed by atoms with Gasteiger partial charge in [-0.2, -0.15) is 0 Å². The van der Waals surface area contributed by atoms with Gasteiger partial charge in [0.1, 0.15) is 0 Å². The van der Waals surface area contributed by atoms with Gasteiger partial charge in [-0.1, -0.05) is 26.2 Å². The fourth-order valence-electron chi connectivity index (χ4n) is 3.82.